The van der Waals surface area contributed by atoms with Crippen molar-refractivity contribution < 1.29 is 19.7 Å². The van der Waals surface area contributed by atoms with Gasteiger partial charge in [-0.2, -0.15) is 0 Å². The van der Waals surface area contributed by atoms with Gasteiger partial charge in [-0.15, -0.1) is 0 Å². The molecule has 0 aromatic heterocycles. The van der Waals surface area contributed by atoms with E-state index in [0.29, 0.717) is 24.6 Å². The van der Waals surface area contributed by atoms with Crippen molar-refractivity contribution in [3.8, 4) is 23.0 Å². The largest absolute Gasteiger partial charge is 0.504 e. The first-order valence-electron chi connectivity index (χ1n) is 8.89. The van der Waals surface area contributed by atoms with Crippen molar-refractivity contribution in [3.63, 3.8) is 0 Å². The number of ether oxygens (including phenoxy) is 2. The number of hydrogen-bond donors (Lipinski definition) is 4. The normalized spacial score (nSPS) is 10.4. The number of rotatable bonds is 8. The molecule has 3 aromatic carbocycles. The van der Waals surface area contributed by atoms with Crippen LogP contribution < -0.4 is 20.1 Å². The zero-order valence-electron chi connectivity index (χ0n) is 15.9. The van der Waals surface area contributed by atoms with Crippen LogP contribution in [0.2, 0.25) is 0 Å². The summed E-state index contributed by atoms with van der Waals surface area (Å²) in [4.78, 5) is 0. The molecule has 3 aromatic rings. The SMILES string of the molecule is COc1cc(CNc2ccccc2NCc2ccc(O)c(OC)c2)ccc1O. The van der Waals surface area contributed by atoms with E-state index < -0.39 is 0 Å². The molecule has 0 unspecified atom stereocenters. The fraction of sp³-hybridized carbons (Fsp3) is 0.182. The van der Waals surface area contributed by atoms with E-state index in [9.17, 15) is 10.2 Å². The molecule has 3 rings (SSSR count). The van der Waals surface area contributed by atoms with Gasteiger partial charge in [-0.25, -0.2) is 0 Å². The number of aromatic hydroxyl groups is 2. The first-order valence-corrected chi connectivity index (χ1v) is 8.89. The van der Waals surface area contributed by atoms with Crippen molar-refractivity contribution in [1.29, 1.82) is 0 Å². The topological polar surface area (TPSA) is 83.0 Å². The summed E-state index contributed by atoms with van der Waals surface area (Å²) >= 11 is 0. The molecule has 0 bridgehead atoms. The van der Waals surface area contributed by atoms with E-state index in [2.05, 4.69) is 10.6 Å². The molecule has 6 nitrogen and oxygen atoms in total. The van der Waals surface area contributed by atoms with Gasteiger partial charge in [0.25, 0.3) is 0 Å². The molecule has 4 N–H and O–H groups in total. The molecule has 28 heavy (non-hydrogen) atoms. The van der Waals surface area contributed by atoms with Crippen LogP contribution >= 0.6 is 0 Å². The summed E-state index contributed by atoms with van der Waals surface area (Å²) in [6, 6.07) is 18.5. The van der Waals surface area contributed by atoms with E-state index in [1.54, 1.807) is 24.3 Å². The van der Waals surface area contributed by atoms with Crippen LogP contribution in [-0.4, -0.2) is 24.4 Å². The van der Waals surface area contributed by atoms with E-state index in [0.717, 1.165) is 22.5 Å². The van der Waals surface area contributed by atoms with Crippen molar-refractivity contribution in [2.75, 3.05) is 24.9 Å². The molecule has 0 aliphatic heterocycles. The summed E-state index contributed by atoms with van der Waals surface area (Å²) < 4.78 is 10.3. The zero-order valence-corrected chi connectivity index (χ0v) is 15.9. The van der Waals surface area contributed by atoms with Crippen molar-refractivity contribution in [3.05, 3.63) is 71.8 Å². The Morgan fingerprint density at radius 1 is 0.679 bits per heavy atom. The van der Waals surface area contributed by atoms with Gasteiger partial charge in [0.1, 0.15) is 0 Å². The minimum absolute atomic E-state index is 0.123. The molecule has 146 valence electrons. The van der Waals surface area contributed by atoms with E-state index >= 15 is 0 Å². The van der Waals surface area contributed by atoms with Crippen molar-refractivity contribution in [2.24, 2.45) is 0 Å². The van der Waals surface area contributed by atoms with Gasteiger partial charge in [0, 0.05) is 13.1 Å². The fourth-order valence-corrected chi connectivity index (χ4v) is 2.85. The number of methoxy groups -OCH3 is 2. The smallest absolute Gasteiger partial charge is 0.160 e. The average Bonchev–Trinajstić information content (AvgIpc) is 2.73. The van der Waals surface area contributed by atoms with E-state index in [1.165, 1.54) is 14.2 Å². The Hall–Kier alpha value is -3.54. The molecular weight excluding hydrogens is 356 g/mol. The second kappa shape index (κ2) is 8.90. The van der Waals surface area contributed by atoms with Crippen LogP contribution in [0.1, 0.15) is 11.1 Å². The summed E-state index contributed by atoms with van der Waals surface area (Å²) in [6.07, 6.45) is 0. The third-order valence-corrected chi connectivity index (χ3v) is 4.38. The highest BCUT2D eigenvalue weighted by atomic mass is 16.5. The number of benzene rings is 3. The number of phenolic OH excluding ortho intramolecular Hbond substituents is 2. The molecular formula is C22H24N2O4. The molecule has 0 atom stereocenters. The van der Waals surface area contributed by atoms with E-state index in [4.69, 9.17) is 9.47 Å². The molecule has 0 heterocycles. The van der Waals surface area contributed by atoms with E-state index in [1.807, 2.05) is 36.4 Å². The second-order valence-corrected chi connectivity index (χ2v) is 6.27. The minimum atomic E-state index is 0.123. The standard InChI is InChI=1S/C22H24N2O4/c1-27-21-11-15(7-9-19(21)25)13-23-17-5-3-4-6-18(17)24-14-16-8-10-20(26)22(12-16)28-2/h3-12,23-26H,13-14H2,1-2H3. The predicted molar refractivity (Wildman–Crippen MR) is 110 cm³/mol. The average molecular weight is 380 g/mol. The Labute approximate surface area is 164 Å². The molecule has 0 fully saturated rings. The van der Waals surface area contributed by atoms with Gasteiger partial charge in [-0.1, -0.05) is 24.3 Å². The highest BCUT2D eigenvalue weighted by Gasteiger charge is 2.06. The Morgan fingerprint density at radius 3 is 1.50 bits per heavy atom. The van der Waals surface area contributed by atoms with Crippen LogP contribution in [0.15, 0.2) is 60.7 Å². The molecule has 6 heteroatoms. The van der Waals surface area contributed by atoms with Crippen LogP contribution in [0, 0.1) is 0 Å². The number of phenols is 2. The summed E-state index contributed by atoms with van der Waals surface area (Å²) in [7, 11) is 3.06. The van der Waals surface area contributed by atoms with Gasteiger partial charge >= 0.3 is 0 Å². The molecule has 0 aliphatic rings. The minimum Gasteiger partial charge on any atom is -0.504 e. The van der Waals surface area contributed by atoms with Crippen LogP contribution in [0.5, 0.6) is 23.0 Å². The van der Waals surface area contributed by atoms with Crippen LogP contribution in [0.25, 0.3) is 0 Å². The quantitative estimate of drug-likeness (QED) is 0.465. The van der Waals surface area contributed by atoms with Crippen molar-refractivity contribution in [2.45, 2.75) is 13.1 Å². The summed E-state index contributed by atoms with van der Waals surface area (Å²) in [5.74, 6) is 1.15. The fourth-order valence-electron chi connectivity index (χ4n) is 2.85. The second-order valence-electron chi connectivity index (χ2n) is 6.27. The maximum Gasteiger partial charge on any atom is 0.160 e. The highest BCUT2D eigenvalue weighted by molar-refractivity contribution is 5.68. The Kier molecular flexibility index (Phi) is 6.11. The lowest BCUT2D eigenvalue weighted by Gasteiger charge is -2.15. The van der Waals surface area contributed by atoms with Gasteiger partial charge in [0.2, 0.25) is 0 Å². The van der Waals surface area contributed by atoms with Crippen LogP contribution in [-0.2, 0) is 13.1 Å². The van der Waals surface area contributed by atoms with Crippen molar-refractivity contribution in [1.82, 2.24) is 0 Å². The van der Waals surface area contributed by atoms with Gasteiger partial charge in [-0.05, 0) is 47.5 Å². The third-order valence-electron chi connectivity index (χ3n) is 4.38. The summed E-state index contributed by atoms with van der Waals surface area (Å²) in [6.45, 7) is 1.17. The summed E-state index contributed by atoms with van der Waals surface area (Å²) in [5.41, 5.74) is 3.90. The summed E-state index contributed by atoms with van der Waals surface area (Å²) in [5, 5.41) is 26.2. The van der Waals surface area contributed by atoms with Crippen molar-refractivity contribution >= 4 is 11.4 Å². The number of hydrogen-bond acceptors (Lipinski definition) is 6. The lowest BCUT2D eigenvalue weighted by molar-refractivity contribution is 0.373. The van der Waals surface area contributed by atoms with Gasteiger partial charge in [-0.3, -0.25) is 0 Å². The number of para-hydroxylation sites is 2. The lowest BCUT2D eigenvalue weighted by atomic mass is 10.1. The van der Waals surface area contributed by atoms with Gasteiger partial charge in [0.05, 0.1) is 25.6 Å². The maximum absolute atomic E-state index is 9.72. The Balaban J connectivity index is 1.68. The monoisotopic (exact) mass is 380 g/mol. The number of anilines is 2. The molecule has 0 amide bonds. The molecule has 0 saturated heterocycles. The van der Waals surface area contributed by atoms with Gasteiger partial charge < -0.3 is 30.3 Å². The molecule has 0 aliphatic carbocycles. The zero-order chi connectivity index (χ0) is 19.9. The highest BCUT2D eigenvalue weighted by Crippen LogP contribution is 2.29. The maximum atomic E-state index is 9.72. The Morgan fingerprint density at radius 2 is 1.11 bits per heavy atom. The number of nitrogens with one attached hydrogen (secondary N) is 2. The first kappa shape index (κ1) is 19.2. The van der Waals surface area contributed by atoms with Crippen LogP contribution in [0.3, 0.4) is 0 Å². The van der Waals surface area contributed by atoms with Crippen LogP contribution in [0.4, 0.5) is 11.4 Å². The molecule has 0 saturated carbocycles. The lowest BCUT2D eigenvalue weighted by Crippen LogP contribution is -2.05. The molecule has 0 spiro atoms. The first-order chi connectivity index (χ1) is 13.6. The molecule has 0 radical (unpaired) electrons. The van der Waals surface area contributed by atoms with Gasteiger partial charge in [0.15, 0.2) is 23.0 Å². The Bertz CT molecular complexity index is 867. The predicted octanol–water partition coefficient (Wildman–Crippen LogP) is 4.34. The van der Waals surface area contributed by atoms with E-state index in [-0.39, 0.29) is 11.5 Å². The third kappa shape index (κ3) is 4.59.